The van der Waals surface area contributed by atoms with E-state index < -0.39 is 5.97 Å². The van der Waals surface area contributed by atoms with Crippen molar-refractivity contribution in [2.24, 2.45) is 0 Å². The van der Waals surface area contributed by atoms with Gasteiger partial charge in [0, 0.05) is 11.5 Å². The molecule has 3 N–H and O–H groups in total. The Labute approximate surface area is 139 Å². The number of amides is 1. The van der Waals surface area contributed by atoms with Gasteiger partial charge in [0.2, 0.25) is 0 Å². The highest BCUT2D eigenvalue weighted by Crippen LogP contribution is 2.37. The summed E-state index contributed by atoms with van der Waals surface area (Å²) in [5.41, 5.74) is 1.16. The molecule has 0 aliphatic heterocycles. The van der Waals surface area contributed by atoms with E-state index in [0.29, 0.717) is 28.1 Å². The Balaban J connectivity index is 2.59. The molecule has 2 rings (SSSR count). The van der Waals surface area contributed by atoms with Gasteiger partial charge >= 0.3 is 5.97 Å². The largest absolute Gasteiger partial charge is 0.493 e. The Morgan fingerprint density at radius 2 is 1.75 bits per heavy atom. The molecule has 1 aromatic heterocycles. The van der Waals surface area contributed by atoms with Crippen LogP contribution in [0.2, 0.25) is 0 Å². The first-order chi connectivity index (χ1) is 11.4. The molecule has 8 heteroatoms. The number of methoxy groups -OCH3 is 3. The van der Waals surface area contributed by atoms with Gasteiger partial charge in [-0.2, -0.15) is 0 Å². The van der Waals surface area contributed by atoms with Crippen LogP contribution in [0.4, 0.5) is 5.69 Å². The van der Waals surface area contributed by atoms with Crippen molar-refractivity contribution < 1.29 is 28.7 Å². The fourth-order valence-corrected chi connectivity index (χ4v) is 2.41. The van der Waals surface area contributed by atoms with Crippen molar-refractivity contribution >= 4 is 28.5 Å². The summed E-state index contributed by atoms with van der Waals surface area (Å²) in [4.78, 5) is 28.1. The van der Waals surface area contributed by atoms with Crippen LogP contribution < -0.4 is 19.7 Å². The summed E-state index contributed by atoms with van der Waals surface area (Å²) in [6, 6.07) is 3.41. The molecule has 24 heavy (non-hydrogen) atoms. The van der Waals surface area contributed by atoms with Crippen LogP contribution in [0.1, 0.15) is 10.5 Å². The second-order valence-corrected chi connectivity index (χ2v) is 5.55. The molecule has 0 saturated carbocycles. The number of likely N-dealkylation sites (N-methyl/N-ethyl adjacent to an activating group) is 1. The summed E-state index contributed by atoms with van der Waals surface area (Å²) in [6.07, 6.45) is 0. The van der Waals surface area contributed by atoms with E-state index in [-0.39, 0.29) is 18.1 Å². The van der Waals surface area contributed by atoms with Gasteiger partial charge in [-0.15, -0.1) is 0 Å². The van der Waals surface area contributed by atoms with Crippen LogP contribution in [0.5, 0.6) is 11.5 Å². The number of rotatable bonds is 6. The Hall–Kier alpha value is -2.74. The van der Waals surface area contributed by atoms with E-state index in [1.807, 2.05) is 14.1 Å². The van der Waals surface area contributed by atoms with Crippen molar-refractivity contribution in [1.82, 2.24) is 4.98 Å². The number of hydrogen-bond donors (Lipinski definition) is 3. The molecule has 1 heterocycles. The predicted molar refractivity (Wildman–Crippen MR) is 89.0 cm³/mol. The lowest BCUT2D eigenvalue weighted by molar-refractivity contribution is -0.849. The molecule has 1 aromatic carbocycles. The van der Waals surface area contributed by atoms with Crippen LogP contribution in [0, 0.1) is 0 Å². The SMILES string of the molecule is COC(=O)c1[nH]c2cc(OC)c(OC)cc2c1NC(=O)C[NH+](C)C. The fourth-order valence-electron chi connectivity index (χ4n) is 2.41. The second kappa shape index (κ2) is 7.22. The highest BCUT2D eigenvalue weighted by molar-refractivity contribution is 6.11. The van der Waals surface area contributed by atoms with Gasteiger partial charge in [-0.3, -0.25) is 4.79 Å². The predicted octanol–water partition coefficient (Wildman–Crippen LogP) is 0.0547. The third-order valence-corrected chi connectivity index (χ3v) is 3.47. The molecule has 0 spiro atoms. The van der Waals surface area contributed by atoms with Crippen LogP contribution in [0.25, 0.3) is 10.9 Å². The normalized spacial score (nSPS) is 10.8. The van der Waals surface area contributed by atoms with E-state index in [4.69, 9.17) is 14.2 Å². The third kappa shape index (κ3) is 3.43. The molecule has 0 bridgehead atoms. The molecule has 130 valence electrons. The van der Waals surface area contributed by atoms with Gasteiger partial charge in [-0.05, 0) is 6.07 Å². The van der Waals surface area contributed by atoms with E-state index in [0.717, 1.165) is 4.90 Å². The summed E-state index contributed by atoms with van der Waals surface area (Å²) < 4.78 is 15.3. The standard InChI is InChI=1S/C16H21N3O5/c1-19(2)8-13(20)18-14-9-6-11(22-3)12(23-4)7-10(9)17-15(14)16(21)24-5/h6-7,17H,8H2,1-5H3,(H,18,20)/p+1. The number of anilines is 1. The molecule has 2 aromatic rings. The first-order valence-corrected chi connectivity index (χ1v) is 7.36. The van der Waals surface area contributed by atoms with Gasteiger partial charge in [0.15, 0.2) is 18.0 Å². The molecule has 1 amide bonds. The fraction of sp³-hybridized carbons (Fsp3) is 0.375. The first-order valence-electron chi connectivity index (χ1n) is 7.36. The van der Waals surface area contributed by atoms with E-state index in [2.05, 4.69) is 10.3 Å². The molecule has 0 radical (unpaired) electrons. The number of benzene rings is 1. The lowest BCUT2D eigenvalue weighted by atomic mass is 10.2. The van der Waals surface area contributed by atoms with E-state index in [1.165, 1.54) is 21.3 Å². The zero-order valence-corrected chi connectivity index (χ0v) is 14.4. The highest BCUT2D eigenvalue weighted by atomic mass is 16.5. The Bertz CT molecular complexity index is 767. The van der Waals surface area contributed by atoms with E-state index in [9.17, 15) is 9.59 Å². The number of fused-ring (bicyclic) bond motifs is 1. The van der Waals surface area contributed by atoms with Crippen molar-refractivity contribution in [2.75, 3.05) is 47.3 Å². The van der Waals surface area contributed by atoms with Crippen LogP contribution in [-0.2, 0) is 9.53 Å². The summed E-state index contributed by atoms with van der Waals surface area (Å²) in [7, 11) is 8.06. The van der Waals surface area contributed by atoms with Crippen molar-refractivity contribution in [3.05, 3.63) is 17.8 Å². The van der Waals surface area contributed by atoms with Crippen LogP contribution in [0.15, 0.2) is 12.1 Å². The number of carbonyl (C=O) groups excluding carboxylic acids is 2. The van der Waals surface area contributed by atoms with Gasteiger partial charge < -0.3 is 29.4 Å². The summed E-state index contributed by atoms with van der Waals surface area (Å²) in [5, 5.41) is 3.42. The van der Waals surface area contributed by atoms with Crippen molar-refractivity contribution in [1.29, 1.82) is 0 Å². The molecular formula is C16H22N3O5+. The molecule has 0 unspecified atom stereocenters. The van der Waals surface area contributed by atoms with Crippen molar-refractivity contribution in [3.63, 3.8) is 0 Å². The van der Waals surface area contributed by atoms with Gasteiger partial charge in [0.25, 0.3) is 5.91 Å². The van der Waals surface area contributed by atoms with Gasteiger partial charge in [-0.1, -0.05) is 0 Å². The summed E-state index contributed by atoms with van der Waals surface area (Å²) in [5.74, 6) is 0.222. The maximum Gasteiger partial charge on any atom is 0.356 e. The average Bonchev–Trinajstić information content (AvgIpc) is 2.89. The smallest absolute Gasteiger partial charge is 0.356 e. The number of esters is 1. The van der Waals surface area contributed by atoms with Crippen LogP contribution >= 0.6 is 0 Å². The summed E-state index contributed by atoms with van der Waals surface area (Å²) in [6.45, 7) is 0.264. The minimum atomic E-state index is -0.573. The first kappa shape index (κ1) is 17.6. The van der Waals surface area contributed by atoms with Crippen LogP contribution in [-0.4, -0.2) is 58.8 Å². The highest BCUT2D eigenvalue weighted by Gasteiger charge is 2.22. The third-order valence-electron chi connectivity index (χ3n) is 3.47. The monoisotopic (exact) mass is 336 g/mol. The van der Waals surface area contributed by atoms with Gasteiger partial charge in [0.05, 0.1) is 46.6 Å². The van der Waals surface area contributed by atoms with E-state index in [1.54, 1.807) is 12.1 Å². The number of hydrogen-bond acceptors (Lipinski definition) is 5. The number of nitrogens with one attached hydrogen (secondary N) is 3. The van der Waals surface area contributed by atoms with Crippen molar-refractivity contribution in [2.45, 2.75) is 0 Å². The Morgan fingerprint density at radius 1 is 1.12 bits per heavy atom. The number of aromatic nitrogens is 1. The quantitative estimate of drug-likeness (QED) is 0.648. The lowest BCUT2D eigenvalue weighted by Crippen LogP contribution is -3.06. The number of carbonyl (C=O) groups is 2. The van der Waals surface area contributed by atoms with Crippen molar-refractivity contribution in [3.8, 4) is 11.5 Å². The van der Waals surface area contributed by atoms with Gasteiger partial charge in [-0.25, -0.2) is 4.79 Å². The number of H-pyrrole nitrogens is 1. The molecular weight excluding hydrogens is 314 g/mol. The molecule has 0 aliphatic carbocycles. The lowest BCUT2D eigenvalue weighted by Gasteiger charge is -2.10. The Kier molecular flexibility index (Phi) is 5.30. The second-order valence-electron chi connectivity index (χ2n) is 5.55. The number of quaternary nitrogens is 1. The molecule has 0 fully saturated rings. The maximum atomic E-state index is 12.2. The summed E-state index contributed by atoms with van der Waals surface area (Å²) >= 11 is 0. The minimum Gasteiger partial charge on any atom is -0.493 e. The number of aromatic amines is 1. The molecule has 0 atom stereocenters. The number of ether oxygens (including phenoxy) is 3. The van der Waals surface area contributed by atoms with Gasteiger partial charge in [0.1, 0.15) is 5.69 Å². The van der Waals surface area contributed by atoms with E-state index >= 15 is 0 Å². The maximum absolute atomic E-state index is 12.2. The Morgan fingerprint density at radius 3 is 2.29 bits per heavy atom. The molecule has 8 nitrogen and oxygen atoms in total. The molecule has 0 saturated heterocycles. The zero-order chi connectivity index (χ0) is 17.9. The topological polar surface area (TPSA) is 94.1 Å². The average molecular weight is 336 g/mol. The zero-order valence-electron chi connectivity index (χ0n) is 14.4. The van der Waals surface area contributed by atoms with Crippen LogP contribution in [0.3, 0.4) is 0 Å². The minimum absolute atomic E-state index is 0.171. The molecule has 0 aliphatic rings.